The maximum absolute atomic E-state index is 10.1. The predicted molar refractivity (Wildman–Crippen MR) is 101 cm³/mol. The van der Waals surface area contributed by atoms with E-state index in [-0.39, 0.29) is 13.2 Å². The van der Waals surface area contributed by atoms with Gasteiger partial charge in [-0.05, 0) is 42.6 Å². The summed E-state index contributed by atoms with van der Waals surface area (Å²) in [6.07, 6.45) is -0.649. The Bertz CT molecular complexity index is 620. The molecule has 0 saturated carbocycles. The van der Waals surface area contributed by atoms with Crippen molar-refractivity contribution in [3.63, 3.8) is 0 Å². The van der Waals surface area contributed by atoms with E-state index in [2.05, 4.69) is 24.4 Å². The summed E-state index contributed by atoms with van der Waals surface area (Å²) in [4.78, 5) is 0. The first-order valence-corrected chi connectivity index (χ1v) is 8.83. The molecule has 0 amide bonds. The van der Waals surface area contributed by atoms with E-state index in [1.54, 1.807) is 0 Å². The lowest BCUT2D eigenvalue weighted by Gasteiger charge is -2.17. The highest BCUT2D eigenvalue weighted by atomic mass is 16.5. The fraction of sp³-hybridized carbons (Fsp3) is 0.429. The molecule has 4 heteroatoms. The first-order chi connectivity index (χ1) is 12.1. The lowest BCUT2D eigenvalue weighted by atomic mass is 10.1. The van der Waals surface area contributed by atoms with Crippen molar-refractivity contribution < 1.29 is 14.6 Å². The number of benzene rings is 2. The molecule has 0 aliphatic rings. The van der Waals surface area contributed by atoms with Crippen LogP contribution < -0.4 is 10.1 Å². The molecule has 1 unspecified atom stereocenters. The molecule has 0 fully saturated rings. The quantitative estimate of drug-likeness (QED) is 0.694. The molecule has 136 valence electrons. The molecule has 2 N–H and O–H groups in total. The van der Waals surface area contributed by atoms with Gasteiger partial charge in [0.15, 0.2) is 0 Å². The molecule has 0 aromatic heterocycles. The minimum atomic E-state index is -0.649. The number of hydrogen-bond donors (Lipinski definition) is 2. The van der Waals surface area contributed by atoms with Crippen LogP contribution in [0.1, 0.15) is 29.2 Å². The van der Waals surface area contributed by atoms with Crippen molar-refractivity contribution in [3.8, 4) is 5.75 Å². The SMILES string of the molecule is CCNCc1cc(C)c(OCC(O)COCc2ccccc2)c(C)c1. The average molecular weight is 343 g/mol. The van der Waals surface area contributed by atoms with Crippen molar-refractivity contribution in [2.75, 3.05) is 19.8 Å². The van der Waals surface area contributed by atoms with Crippen LogP contribution in [0.25, 0.3) is 0 Å². The van der Waals surface area contributed by atoms with E-state index in [4.69, 9.17) is 9.47 Å². The lowest BCUT2D eigenvalue weighted by Crippen LogP contribution is -2.24. The van der Waals surface area contributed by atoms with Gasteiger partial charge in [0.05, 0.1) is 13.2 Å². The number of ether oxygens (including phenoxy) is 2. The fourth-order valence-corrected chi connectivity index (χ4v) is 2.75. The van der Waals surface area contributed by atoms with E-state index < -0.39 is 6.10 Å². The summed E-state index contributed by atoms with van der Waals surface area (Å²) >= 11 is 0. The second kappa shape index (κ2) is 10.2. The molecule has 0 saturated heterocycles. The van der Waals surface area contributed by atoms with E-state index in [9.17, 15) is 5.11 Å². The van der Waals surface area contributed by atoms with Crippen LogP contribution in [0, 0.1) is 13.8 Å². The van der Waals surface area contributed by atoms with Gasteiger partial charge in [-0.3, -0.25) is 0 Å². The van der Waals surface area contributed by atoms with Gasteiger partial charge in [0.2, 0.25) is 0 Å². The third-order valence-electron chi connectivity index (χ3n) is 3.94. The molecule has 0 aliphatic heterocycles. The highest BCUT2D eigenvalue weighted by molar-refractivity contribution is 5.43. The Labute approximate surface area is 150 Å². The van der Waals surface area contributed by atoms with Crippen molar-refractivity contribution in [3.05, 3.63) is 64.7 Å². The minimum Gasteiger partial charge on any atom is -0.490 e. The second-order valence-electron chi connectivity index (χ2n) is 6.30. The first-order valence-electron chi connectivity index (χ1n) is 8.83. The van der Waals surface area contributed by atoms with Gasteiger partial charge in [0.25, 0.3) is 0 Å². The van der Waals surface area contributed by atoms with Gasteiger partial charge in [-0.15, -0.1) is 0 Å². The molecule has 2 aromatic rings. The molecule has 2 aromatic carbocycles. The predicted octanol–water partition coefficient (Wildman–Crippen LogP) is 3.37. The summed E-state index contributed by atoms with van der Waals surface area (Å²) in [6.45, 7) is 8.95. The number of rotatable bonds is 10. The van der Waals surface area contributed by atoms with Gasteiger partial charge < -0.3 is 19.9 Å². The van der Waals surface area contributed by atoms with Crippen LogP contribution in [0.4, 0.5) is 0 Å². The molecule has 25 heavy (non-hydrogen) atoms. The molecule has 2 rings (SSSR count). The molecule has 0 spiro atoms. The maximum Gasteiger partial charge on any atom is 0.125 e. The van der Waals surface area contributed by atoms with Crippen LogP contribution in [0.15, 0.2) is 42.5 Å². The third-order valence-corrected chi connectivity index (χ3v) is 3.94. The van der Waals surface area contributed by atoms with Gasteiger partial charge >= 0.3 is 0 Å². The lowest BCUT2D eigenvalue weighted by molar-refractivity contribution is 0.00526. The van der Waals surface area contributed by atoms with Crippen molar-refractivity contribution in [1.82, 2.24) is 5.32 Å². The number of hydrogen-bond acceptors (Lipinski definition) is 4. The van der Waals surface area contributed by atoms with Crippen LogP contribution in [0.5, 0.6) is 5.75 Å². The van der Waals surface area contributed by atoms with Gasteiger partial charge in [0.1, 0.15) is 18.5 Å². The van der Waals surface area contributed by atoms with Crippen molar-refractivity contribution in [2.24, 2.45) is 0 Å². The molecule has 0 bridgehead atoms. The average Bonchev–Trinajstić information content (AvgIpc) is 2.60. The summed E-state index contributed by atoms with van der Waals surface area (Å²) in [5.41, 5.74) is 4.52. The first kappa shape index (κ1) is 19.4. The van der Waals surface area contributed by atoms with E-state index >= 15 is 0 Å². The monoisotopic (exact) mass is 343 g/mol. The van der Waals surface area contributed by atoms with Gasteiger partial charge in [-0.25, -0.2) is 0 Å². The molecule has 0 radical (unpaired) electrons. The van der Waals surface area contributed by atoms with Crippen LogP contribution >= 0.6 is 0 Å². The van der Waals surface area contributed by atoms with Crippen molar-refractivity contribution in [1.29, 1.82) is 0 Å². The Kier molecular flexibility index (Phi) is 7.92. The van der Waals surface area contributed by atoms with Crippen LogP contribution in [0.3, 0.4) is 0 Å². The summed E-state index contributed by atoms with van der Waals surface area (Å²) in [5.74, 6) is 0.849. The number of nitrogens with one attached hydrogen (secondary N) is 1. The Morgan fingerprint density at radius 3 is 2.32 bits per heavy atom. The van der Waals surface area contributed by atoms with Crippen LogP contribution in [-0.4, -0.2) is 31.0 Å². The van der Waals surface area contributed by atoms with Crippen molar-refractivity contribution in [2.45, 2.75) is 40.0 Å². The van der Waals surface area contributed by atoms with E-state index in [1.165, 1.54) is 5.56 Å². The topological polar surface area (TPSA) is 50.7 Å². The van der Waals surface area contributed by atoms with Gasteiger partial charge in [-0.2, -0.15) is 0 Å². The Morgan fingerprint density at radius 2 is 1.68 bits per heavy atom. The third kappa shape index (κ3) is 6.50. The normalized spacial score (nSPS) is 12.2. The summed E-state index contributed by atoms with van der Waals surface area (Å²) in [7, 11) is 0. The van der Waals surface area contributed by atoms with Crippen LogP contribution in [-0.2, 0) is 17.9 Å². The Hall–Kier alpha value is -1.88. The highest BCUT2D eigenvalue weighted by Crippen LogP contribution is 2.25. The summed E-state index contributed by atoms with van der Waals surface area (Å²) < 4.78 is 11.4. The number of aryl methyl sites for hydroxylation is 2. The van der Waals surface area contributed by atoms with Gasteiger partial charge in [0, 0.05) is 6.54 Å². The van der Waals surface area contributed by atoms with Crippen molar-refractivity contribution >= 4 is 0 Å². The zero-order chi connectivity index (χ0) is 18.1. The number of aliphatic hydroxyl groups excluding tert-OH is 1. The Morgan fingerprint density at radius 1 is 1.00 bits per heavy atom. The molecular weight excluding hydrogens is 314 g/mol. The zero-order valence-corrected chi connectivity index (χ0v) is 15.4. The highest BCUT2D eigenvalue weighted by Gasteiger charge is 2.10. The molecule has 4 nitrogen and oxygen atoms in total. The minimum absolute atomic E-state index is 0.225. The summed E-state index contributed by atoms with van der Waals surface area (Å²) in [6, 6.07) is 14.2. The maximum atomic E-state index is 10.1. The smallest absolute Gasteiger partial charge is 0.125 e. The Balaban J connectivity index is 1.79. The molecule has 0 heterocycles. The molecule has 0 aliphatic carbocycles. The van der Waals surface area contributed by atoms with Crippen LogP contribution in [0.2, 0.25) is 0 Å². The molecule has 1 atom stereocenters. The largest absolute Gasteiger partial charge is 0.490 e. The fourth-order valence-electron chi connectivity index (χ4n) is 2.75. The van der Waals surface area contributed by atoms with Gasteiger partial charge in [-0.1, -0.05) is 49.4 Å². The van der Waals surface area contributed by atoms with E-state index in [0.717, 1.165) is 35.5 Å². The number of aliphatic hydroxyl groups is 1. The van der Waals surface area contributed by atoms with E-state index in [0.29, 0.717) is 6.61 Å². The van der Waals surface area contributed by atoms with E-state index in [1.807, 2.05) is 44.2 Å². The zero-order valence-electron chi connectivity index (χ0n) is 15.4. The second-order valence-corrected chi connectivity index (χ2v) is 6.30. The summed E-state index contributed by atoms with van der Waals surface area (Å²) in [5, 5.41) is 13.4. The standard InChI is InChI=1S/C21H29NO3/c1-4-22-12-19-10-16(2)21(17(3)11-19)25-15-20(23)14-24-13-18-8-6-5-7-9-18/h5-11,20,22-23H,4,12-15H2,1-3H3. The molecular formula is C21H29NO3.